The zero-order valence-electron chi connectivity index (χ0n) is 14.4. The summed E-state index contributed by atoms with van der Waals surface area (Å²) in [6, 6.07) is 12.1. The maximum atomic E-state index is 13.4. The third-order valence-electron chi connectivity index (χ3n) is 3.25. The lowest BCUT2D eigenvalue weighted by molar-refractivity contribution is -0.143. The Kier molecular flexibility index (Phi) is 7.57. The number of rotatable bonds is 6. The van der Waals surface area contributed by atoms with Gasteiger partial charge in [0.1, 0.15) is 5.82 Å². The average molecular weight is 388 g/mol. The number of carbonyl (C=O) groups excluding carboxylic acids is 3. The lowest BCUT2D eigenvalue weighted by atomic mass is 10.2. The predicted molar refractivity (Wildman–Crippen MR) is 102 cm³/mol. The van der Waals surface area contributed by atoms with Gasteiger partial charge < -0.3 is 10.1 Å². The Morgan fingerprint density at radius 1 is 1.11 bits per heavy atom. The van der Waals surface area contributed by atoms with Gasteiger partial charge in [-0.15, -0.1) is 11.8 Å². The minimum absolute atomic E-state index is 0.0739. The van der Waals surface area contributed by atoms with E-state index in [-0.39, 0.29) is 5.69 Å². The van der Waals surface area contributed by atoms with Crippen LogP contribution >= 0.6 is 11.8 Å². The van der Waals surface area contributed by atoms with E-state index in [2.05, 4.69) is 5.32 Å². The van der Waals surface area contributed by atoms with Crippen LogP contribution in [0.5, 0.6) is 0 Å². The van der Waals surface area contributed by atoms with Crippen molar-refractivity contribution < 1.29 is 23.5 Å². The molecule has 0 radical (unpaired) electrons. The SMILES string of the molecule is CSc1ccc(/C=C/C(=O)OCC(=O)NC(=O)Nc2ccccc2F)cc1. The highest BCUT2D eigenvalue weighted by atomic mass is 32.2. The minimum atomic E-state index is -0.925. The summed E-state index contributed by atoms with van der Waals surface area (Å²) >= 11 is 1.61. The maximum Gasteiger partial charge on any atom is 0.331 e. The van der Waals surface area contributed by atoms with Crippen molar-refractivity contribution in [3.05, 3.63) is 66.0 Å². The molecule has 2 N–H and O–H groups in total. The fraction of sp³-hybridized carbons (Fsp3) is 0.105. The van der Waals surface area contributed by atoms with Gasteiger partial charge in [-0.1, -0.05) is 24.3 Å². The van der Waals surface area contributed by atoms with E-state index in [0.29, 0.717) is 0 Å². The molecule has 6 nitrogen and oxygen atoms in total. The number of para-hydroxylation sites is 1. The van der Waals surface area contributed by atoms with Crippen LogP contribution in [0, 0.1) is 5.82 Å². The fourth-order valence-corrected chi connectivity index (χ4v) is 2.35. The molecule has 0 fully saturated rings. The number of hydrogen-bond acceptors (Lipinski definition) is 5. The van der Waals surface area contributed by atoms with Crippen LogP contribution in [0.3, 0.4) is 0 Å². The molecule has 0 spiro atoms. The van der Waals surface area contributed by atoms with E-state index < -0.39 is 30.3 Å². The van der Waals surface area contributed by atoms with E-state index in [0.717, 1.165) is 10.5 Å². The first-order valence-corrected chi connectivity index (χ1v) is 9.04. The van der Waals surface area contributed by atoms with Gasteiger partial charge in [0, 0.05) is 11.0 Å². The molecular formula is C19H17FN2O4S. The van der Waals surface area contributed by atoms with Gasteiger partial charge in [0.15, 0.2) is 6.61 Å². The van der Waals surface area contributed by atoms with Crippen molar-refractivity contribution in [2.75, 3.05) is 18.2 Å². The van der Waals surface area contributed by atoms with Crippen LogP contribution in [-0.4, -0.2) is 30.8 Å². The van der Waals surface area contributed by atoms with Gasteiger partial charge in [0.05, 0.1) is 5.69 Å². The van der Waals surface area contributed by atoms with Crippen molar-refractivity contribution in [3.63, 3.8) is 0 Å². The number of amides is 3. The van der Waals surface area contributed by atoms with Crippen LogP contribution in [0.2, 0.25) is 0 Å². The number of anilines is 1. The molecule has 0 aliphatic rings. The topological polar surface area (TPSA) is 84.5 Å². The minimum Gasteiger partial charge on any atom is -0.452 e. The highest BCUT2D eigenvalue weighted by molar-refractivity contribution is 7.98. The van der Waals surface area contributed by atoms with Gasteiger partial charge in [-0.3, -0.25) is 10.1 Å². The van der Waals surface area contributed by atoms with E-state index in [1.54, 1.807) is 17.8 Å². The molecule has 2 aromatic rings. The molecule has 0 saturated carbocycles. The van der Waals surface area contributed by atoms with Gasteiger partial charge >= 0.3 is 12.0 Å². The molecule has 0 atom stereocenters. The van der Waals surface area contributed by atoms with Crippen molar-refractivity contribution in [2.45, 2.75) is 4.90 Å². The second-order valence-corrected chi connectivity index (χ2v) is 6.08. The van der Waals surface area contributed by atoms with Crippen LogP contribution < -0.4 is 10.6 Å². The smallest absolute Gasteiger partial charge is 0.331 e. The van der Waals surface area contributed by atoms with E-state index in [1.807, 2.05) is 35.8 Å². The molecule has 3 amide bonds. The molecule has 0 heterocycles. The lowest BCUT2D eigenvalue weighted by Gasteiger charge is -2.07. The Hall–Kier alpha value is -3.13. The number of thioether (sulfide) groups is 1. The first-order valence-electron chi connectivity index (χ1n) is 7.82. The molecule has 0 aliphatic heterocycles. The zero-order chi connectivity index (χ0) is 19.6. The van der Waals surface area contributed by atoms with Crippen molar-refractivity contribution in [2.24, 2.45) is 0 Å². The van der Waals surface area contributed by atoms with E-state index in [9.17, 15) is 18.8 Å². The molecule has 27 heavy (non-hydrogen) atoms. The van der Waals surface area contributed by atoms with Crippen LogP contribution in [-0.2, 0) is 14.3 Å². The van der Waals surface area contributed by atoms with Crippen molar-refractivity contribution in [3.8, 4) is 0 Å². The predicted octanol–water partition coefficient (Wildman–Crippen LogP) is 3.45. The first-order chi connectivity index (χ1) is 13.0. The van der Waals surface area contributed by atoms with E-state index in [1.165, 1.54) is 30.3 Å². The highest BCUT2D eigenvalue weighted by Gasteiger charge is 2.11. The zero-order valence-corrected chi connectivity index (χ0v) is 15.2. The summed E-state index contributed by atoms with van der Waals surface area (Å²) in [4.78, 5) is 35.9. The quantitative estimate of drug-likeness (QED) is 0.450. The molecule has 0 bridgehead atoms. The number of urea groups is 1. The summed E-state index contributed by atoms with van der Waals surface area (Å²) in [7, 11) is 0. The van der Waals surface area contributed by atoms with Crippen molar-refractivity contribution in [1.82, 2.24) is 5.32 Å². The van der Waals surface area contributed by atoms with Crippen molar-refractivity contribution in [1.29, 1.82) is 0 Å². The number of nitrogens with one attached hydrogen (secondary N) is 2. The fourth-order valence-electron chi connectivity index (χ4n) is 1.94. The molecule has 2 rings (SSSR count). The number of carbonyl (C=O) groups is 3. The number of ether oxygens (including phenoxy) is 1. The third-order valence-corrected chi connectivity index (χ3v) is 3.99. The molecule has 2 aromatic carbocycles. The normalized spacial score (nSPS) is 10.4. The van der Waals surface area contributed by atoms with E-state index >= 15 is 0 Å². The van der Waals surface area contributed by atoms with Gasteiger partial charge in [-0.05, 0) is 42.2 Å². The molecule has 0 aromatic heterocycles. The number of benzene rings is 2. The number of imide groups is 1. The largest absolute Gasteiger partial charge is 0.452 e. The summed E-state index contributed by atoms with van der Waals surface area (Å²) in [6.45, 7) is -0.640. The van der Waals surface area contributed by atoms with Gasteiger partial charge in [-0.25, -0.2) is 14.0 Å². The monoisotopic (exact) mass is 388 g/mol. The molecule has 8 heteroatoms. The summed E-state index contributed by atoms with van der Waals surface area (Å²) in [5, 5.41) is 4.12. The molecular weight excluding hydrogens is 371 g/mol. The second-order valence-electron chi connectivity index (χ2n) is 5.20. The molecule has 0 unspecified atom stereocenters. The molecule has 0 aliphatic carbocycles. The second kappa shape index (κ2) is 10.1. The average Bonchev–Trinajstić information content (AvgIpc) is 2.67. The highest BCUT2D eigenvalue weighted by Crippen LogP contribution is 2.15. The Morgan fingerprint density at radius 2 is 1.81 bits per heavy atom. The van der Waals surface area contributed by atoms with E-state index in [4.69, 9.17) is 4.74 Å². The van der Waals surface area contributed by atoms with Gasteiger partial charge in [-0.2, -0.15) is 0 Å². The van der Waals surface area contributed by atoms with Crippen molar-refractivity contribution >= 4 is 41.4 Å². The van der Waals surface area contributed by atoms with Crippen LogP contribution in [0.4, 0.5) is 14.9 Å². The first kappa shape index (κ1) is 20.2. The number of hydrogen-bond donors (Lipinski definition) is 2. The Balaban J connectivity index is 1.75. The summed E-state index contributed by atoms with van der Waals surface area (Å²) in [5.74, 6) is -2.20. The van der Waals surface area contributed by atoms with Crippen LogP contribution in [0.25, 0.3) is 6.08 Å². The van der Waals surface area contributed by atoms with Gasteiger partial charge in [0.25, 0.3) is 5.91 Å². The summed E-state index contributed by atoms with van der Waals surface area (Å²) < 4.78 is 18.2. The Labute approximate surface area is 159 Å². The molecule has 0 saturated heterocycles. The Bertz CT molecular complexity index is 853. The summed E-state index contributed by atoms with van der Waals surface area (Å²) in [6.07, 6.45) is 4.69. The standard InChI is InChI=1S/C19H17FN2O4S/c1-27-14-9-6-13(7-10-14)8-11-18(24)26-12-17(23)22-19(25)21-16-5-3-2-4-15(16)20/h2-11H,12H2,1H3,(H2,21,22,23,25)/b11-8+. The number of halogens is 1. The van der Waals surface area contributed by atoms with Gasteiger partial charge in [0.2, 0.25) is 0 Å². The third kappa shape index (κ3) is 6.95. The summed E-state index contributed by atoms with van der Waals surface area (Å²) in [5.41, 5.74) is 0.730. The van der Waals surface area contributed by atoms with Crippen LogP contribution in [0.15, 0.2) is 59.5 Å². The Morgan fingerprint density at radius 3 is 2.48 bits per heavy atom. The molecule has 140 valence electrons. The maximum absolute atomic E-state index is 13.4. The number of esters is 1. The lowest BCUT2D eigenvalue weighted by Crippen LogP contribution is -2.37. The van der Waals surface area contributed by atoms with Crippen LogP contribution in [0.1, 0.15) is 5.56 Å².